The lowest BCUT2D eigenvalue weighted by molar-refractivity contribution is -0.152. The third-order valence-electron chi connectivity index (χ3n) is 8.08. The van der Waals surface area contributed by atoms with Gasteiger partial charge in [0.15, 0.2) is 0 Å². The Bertz CT molecular complexity index is 1020. The van der Waals surface area contributed by atoms with Crippen LogP contribution in [0.5, 0.6) is 0 Å². The molecule has 4 rings (SSSR count). The molecule has 2 aliphatic rings. The second kappa shape index (κ2) is 10.5. The molecule has 2 aromatic rings. The maximum atomic E-state index is 13.9. The molecule has 1 amide bonds. The Morgan fingerprint density at radius 3 is 2.23 bits per heavy atom. The topological polar surface area (TPSA) is 69.6 Å². The van der Waals surface area contributed by atoms with Gasteiger partial charge in [-0.05, 0) is 47.8 Å². The fourth-order valence-corrected chi connectivity index (χ4v) is 6.37. The molecule has 2 fully saturated rings. The van der Waals surface area contributed by atoms with Crippen molar-refractivity contribution in [1.82, 2.24) is 10.2 Å². The van der Waals surface area contributed by atoms with Gasteiger partial charge in [0.1, 0.15) is 6.04 Å². The van der Waals surface area contributed by atoms with Crippen molar-refractivity contribution in [3.05, 3.63) is 71.3 Å². The summed E-state index contributed by atoms with van der Waals surface area (Å²) in [7, 11) is 0. The molecule has 0 radical (unpaired) electrons. The van der Waals surface area contributed by atoms with Crippen molar-refractivity contribution in [3.63, 3.8) is 0 Å². The van der Waals surface area contributed by atoms with Crippen LogP contribution in [0, 0.1) is 24.2 Å². The van der Waals surface area contributed by atoms with E-state index in [1.54, 1.807) is 4.90 Å². The van der Waals surface area contributed by atoms with Gasteiger partial charge in [0.2, 0.25) is 5.91 Å². The molecule has 1 saturated carbocycles. The number of hydrogen-bond donors (Lipinski definition) is 2. The zero-order valence-electron chi connectivity index (χ0n) is 21.5. The van der Waals surface area contributed by atoms with Gasteiger partial charge in [-0.1, -0.05) is 88.2 Å². The van der Waals surface area contributed by atoms with E-state index < -0.39 is 12.0 Å². The summed E-state index contributed by atoms with van der Waals surface area (Å²) in [6.45, 7) is 9.03. The van der Waals surface area contributed by atoms with Crippen LogP contribution in [0.25, 0.3) is 0 Å². The van der Waals surface area contributed by atoms with Gasteiger partial charge in [-0.15, -0.1) is 0 Å². The van der Waals surface area contributed by atoms with Gasteiger partial charge in [-0.2, -0.15) is 0 Å². The fourth-order valence-electron chi connectivity index (χ4n) is 6.37. The number of nitrogens with zero attached hydrogens (tertiary/aromatic N) is 1. The molecule has 5 nitrogen and oxygen atoms in total. The van der Waals surface area contributed by atoms with Crippen molar-refractivity contribution in [2.45, 2.75) is 84.5 Å². The normalized spacial score (nSPS) is 25.2. The van der Waals surface area contributed by atoms with Crippen molar-refractivity contribution in [3.8, 4) is 0 Å². The number of rotatable bonds is 7. The zero-order valence-corrected chi connectivity index (χ0v) is 21.5. The minimum atomic E-state index is -0.911. The summed E-state index contributed by atoms with van der Waals surface area (Å²) in [5.74, 6) is -0.819. The van der Waals surface area contributed by atoms with Crippen LogP contribution in [0.4, 0.5) is 0 Å². The maximum absolute atomic E-state index is 13.9. The zero-order chi connectivity index (χ0) is 25.2. The summed E-state index contributed by atoms with van der Waals surface area (Å²) < 4.78 is 0. The maximum Gasteiger partial charge on any atom is 0.326 e. The first-order chi connectivity index (χ1) is 16.7. The van der Waals surface area contributed by atoms with E-state index in [1.807, 2.05) is 42.5 Å². The number of likely N-dealkylation sites (tertiary alicyclic amines) is 1. The van der Waals surface area contributed by atoms with Crippen LogP contribution in [-0.2, 0) is 16.1 Å². The second-order valence-electron chi connectivity index (χ2n) is 11.5. The molecule has 0 unspecified atom stereocenters. The lowest BCUT2D eigenvalue weighted by Crippen LogP contribution is -2.48. The van der Waals surface area contributed by atoms with Crippen LogP contribution in [0.15, 0.2) is 54.6 Å². The molecule has 0 spiro atoms. The largest absolute Gasteiger partial charge is 0.480 e. The van der Waals surface area contributed by atoms with Gasteiger partial charge in [-0.3, -0.25) is 4.79 Å². The van der Waals surface area contributed by atoms with E-state index >= 15 is 0 Å². The van der Waals surface area contributed by atoms with Gasteiger partial charge < -0.3 is 15.3 Å². The average molecular weight is 477 g/mol. The SMILES string of the molecule is Cc1ccccc1CN[C@@H]1[C@@H](C(C)(C)C)[C@H](C(=O)O)N(C(=O)CC2CCCC2)[C@@H]1c1ccccc1. The van der Waals surface area contributed by atoms with E-state index in [4.69, 9.17) is 0 Å². The van der Waals surface area contributed by atoms with E-state index in [0.717, 1.165) is 31.2 Å². The molecule has 2 N–H and O–H groups in total. The first-order valence-electron chi connectivity index (χ1n) is 13.0. The number of aryl methyl sites for hydroxylation is 1. The molecule has 2 aromatic carbocycles. The Hall–Kier alpha value is -2.66. The Morgan fingerprint density at radius 1 is 1.00 bits per heavy atom. The standard InChI is InChI=1S/C30H40N2O3/c1-20-12-8-11-17-23(20)19-31-26-25(30(2,3)4)28(29(34)35)32(24(33)18-21-13-9-10-14-21)27(26)22-15-6-5-7-16-22/h5-8,11-12,15-17,21,25-28,31H,9-10,13-14,18-19H2,1-4H3,(H,34,35)/t25-,26-,27-,28-/m1/s1. The van der Waals surface area contributed by atoms with Crippen LogP contribution in [0.2, 0.25) is 0 Å². The average Bonchev–Trinajstić information content (AvgIpc) is 3.44. The molecule has 0 bridgehead atoms. The van der Waals surface area contributed by atoms with Crippen LogP contribution in [-0.4, -0.2) is 34.0 Å². The number of carbonyl (C=O) groups excluding carboxylic acids is 1. The molecule has 0 aromatic heterocycles. The molecule has 1 heterocycles. The minimum Gasteiger partial charge on any atom is -0.480 e. The van der Waals surface area contributed by atoms with E-state index in [9.17, 15) is 14.7 Å². The van der Waals surface area contributed by atoms with Crippen LogP contribution in [0.3, 0.4) is 0 Å². The number of aliphatic carboxylic acids is 1. The Morgan fingerprint density at radius 2 is 1.63 bits per heavy atom. The molecule has 35 heavy (non-hydrogen) atoms. The number of hydrogen-bond acceptors (Lipinski definition) is 3. The predicted octanol–water partition coefficient (Wildman–Crippen LogP) is 5.73. The van der Waals surface area contributed by atoms with Crippen LogP contribution in [0.1, 0.15) is 75.6 Å². The van der Waals surface area contributed by atoms with Crippen LogP contribution < -0.4 is 5.32 Å². The van der Waals surface area contributed by atoms with E-state index in [-0.39, 0.29) is 29.3 Å². The lowest BCUT2D eigenvalue weighted by atomic mass is 9.72. The van der Waals surface area contributed by atoms with Crippen LogP contribution >= 0.6 is 0 Å². The number of nitrogens with one attached hydrogen (secondary N) is 1. The monoisotopic (exact) mass is 476 g/mol. The summed E-state index contributed by atoms with van der Waals surface area (Å²) in [6.07, 6.45) is 4.88. The van der Waals surface area contributed by atoms with Crippen molar-refractivity contribution >= 4 is 11.9 Å². The third-order valence-corrected chi connectivity index (χ3v) is 8.08. The first-order valence-corrected chi connectivity index (χ1v) is 13.0. The Balaban J connectivity index is 1.77. The van der Waals surface area contributed by atoms with Gasteiger partial charge in [-0.25, -0.2) is 4.79 Å². The first kappa shape index (κ1) is 25.4. The van der Waals surface area contributed by atoms with Gasteiger partial charge >= 0.3 is 5.97 Å². The number of amides is 1. The molecular weight excluding hydrogens is 436 g/mol. The van der Waals surface area contributed by atoms with Crippen molar-refractivity contribution in [2.24, 2.45) is 17.3 Å². The summed E-state index contributed by atoms with van der Waals surface area (Å²) in [6, 6.07) is 16.9. The molecule has 5 heteroatoms. The highest BCUT2D eigenvalue weighted by Gasteiger charge is 2.57. The summed E-state index contributed by atoms with van der Waals surface area (Å²) in [5.41, 5.74) is 3.06. The van der Waals surface area contributed by atoms with E-state index in [0.29, 0.717) is 18.9 Å². The predicted molar refractivity (Wildman–Crippen MR) is 139 cm³/mol. The van der Waals surface area contributed by atoms with Gasteiger partial charge in [0.05, 0.1) is 6.04 Å². The second-order valence-corrected chi connectivity index (χ2v) is 11.5. The molecule has 1 saturated heterocycles. The minimum absolute atomic E-state index is 0.0207. The van der Waals surface area contributed by atoms with Crippen molar-refractivity contribution < 1.29 is 14.7 Å². The molecule has 1 aliphatic heterocycles. The smallest absolute Gasteiger partial charge is 0.326 e. The fraction of sp³-hybridized carbons (Fsp3) is 0.533. The van der Waals surface area contributed by atoms with Gasteiger partial charge in [0, 0.05) is 24.9 Å². The molecule has 4 atom stereocenters. The quantitative estimate of drug-likeness (QED) is 0.535. The summed E-state index contributed by atoms with van der Waals surface area (Å²) >= 11 is 0. The van der Waals surface area contributed by atoms with E-state index in [2.05, 4.69) is 45.1 Å². The number of benzene rings is 2. The Kier molecular flexibility index (Phi) is 7.65. The highest BCUT2D eigenvalue weighted by atomic mass is 16.4. The molecule has 188 valence electrons. The number of carboxylic acid groups (broad SMARTS) is 1. The number of carboxylic acids is 1. The van der Waals surface area contributed by atoms with Crippen molar-refractivity contribution in [1.29, 1.82) is 0 Å². The highest BCUT2D eigenvalue weighted by molar-refractivity contribution is 5.86. The highest BCUT2D eigenvalue weighted by Crippen LogP contribution is 2.48. The molecule has 1 aliphatic carbocycles. The third kappa shape index (κ3) is 5.45. The summed E-state index contributed by atoms with van der Waals surface area (Å²) in [5, 5.41) is 14.3. The van der Waals surface area contributed by atoms with Gasteiger partial charge in [0.25, 0.3) is 0 Å². The Labute approximate surface area is 209 Å². The lowest BCUT2D eigenvalue weighted by Gasteiger charge is -2.35. The van der Waals surface area contributed by atoms with Crippen molar-refractivity contribution in [2.75, 3.05) is 0 Å². The molecular formula is C30H40N2O3. The summed E-state index contributed by atoms with van der Waals surface area (Å²) in [4.78, 5) is 28.5. The van der Waals surface area contributed by atoms with E-state index in [1.165, 1.54) is 11.1 Å². The number of carbonyl (C=O) groups is 2.